The number of amides is 1. The zero-order valence-corrected chi connectivity index (χ0v) is 16.6. The summed E-state index contributed by atoms with van der Waals surface area (Å²) >= 11 is 3.92. The van der Waals surface area contributed by atoms with E-state index in [0.29, 0.717) is 22.0 Å². The normalized spacial score (nSPS) is 24.1. The van der Waals surface area contributed by atoms with Gasteiger partial charge < -0.3 is 14.8 Å². The maximum absolute atomic E-state index is 12.2. The molecule has 1 N–H and O–H groups in total. The Kier molecular flexibility index (Phi) is 6.82. The lowest BCUT2D eigenvalue weighted by Crippen LogP contribution is -2.43. The number of benzene rings is 1. The molecule has 1 aromatic carbocycles. The first-order valence-corrected chi connectivity index (χ1v) is 11.1. The molecule has 6 heteroatoms. The van der Waals surface area contributed by atoms with Crippen molar-refractivity contribution in [3.8, 4) is 11.5 Å². The first-order chi connectivity index (χ1) is 12.2. The van der Waals surface area contributed by atoms with Crippen LogP contribution in [0.2, 0.25) is 0 Å². The summed E-state index contributed by atoms with van der Waals surface area (Å²) in [6, 6.07) is 6.32. The molecular weight excluding hydrogens is 354 g/mol. The molecule has 0 radical (unpaired) electrons. The standard InChI is InChI=1S/C19H27NO3S2/c1-13-5-3-4-6-15(13)20-18(21)12-23-16-8-7-14(11-17(16)22-2)19-24-9-10-25-19/h7-8,11,13,15,19H,3-6,9-10,12H2,1-2H3,(H,20,21). The first-order valence-electron chi connectivity index (χ1n) is 9.00. The number of ether oxygens (including phenoxy) is 2. The van der Waals surface area contributed by atoms with Crippen LogP contribution in [0.1, 0.15) is 42.8 Å². The van der Waals surface area contributed by atoms with Crippen LogP contribution in [0, 0.1) is 5.92 Å². The Hall–Kier alpha value is -1.01. The third-order valence-corrected chi connectivity index (χ3v) is 8.00. The summed E-state index contributed by atoms with van der Waals surface area (Å²) in [5.41, 5.74) is 1.25. The maximum atomic E-state index is 12.2. The van der Waals surface area contributed by atoms with Crippen molar-refractivity contribution in [3.05, 3.63) is 23.8 Å². The van der Waals surface area contributed by atoms with Crippen molar-refractivity contribution in [1.82, 2.24) is 5.32 Å². The van der Waals surface area contributed by atoms with E-state index < -0.39 is 0 Å². The van der Waals surface area contributed by atoms with E-state index in [1.807, 2.05) is 35.7 Å². The molecule has 2 fully saturated rings. The number of rotatable bonds is 6. The van der Waals surface area contributed by atoms with Gasteiger partial charge in [0.2, 0.25) is 0 Å². The van der Waals surface area contributed by atoms with Gasteiger partial charge in [-0.1, -0.05) is 25.8 Å². The minimum Gasteiger partial charge on any atom is -0.493 e. The molecule has 25 heavy (non-hydrogen) atoms. The molecule has 0 aromatic heterocycles. The second-order valence-corrected chi connectivity index (χ2v) is 9.43. The second kappa shape index (κ2) is 9.08. The Balaban J connectivity index is 1.55. The molecular formula is C19H27NO3S2. The molecule has 1 heterocycles. The van der Waals surface area contributed by atoms with Crippen LogP contribution in [0.15, 0.2) is 18.2 Å². The molecule has 0 bridgehead atoms. The van der Waals surface area contributed by atoms with Gasteiger partial charge in [0.15, 0.2) is 18.1 Å². The molecule has 1 saturated carbocycles. The van der Waals surface area contributed by atoms with Crippen molar-refractivity contribution < 1.29 is 14.3 Å². The number of hydrogen-bond donors (Lipinski definition) is 1. The lowest BCUT2D eigenvalue weighted by molar-refractivity contribution is -0.124. The van der Waals surface area contributed by atoms with Gasteiger partial charge in [0.1, 0.15) is 0 Å². The Morgan fingerprint density at radius 3 is 2.68 bits per heavy atom. The predicted octanol–water partition coefficient (Wildman–Crippen LogP) is 4.25. The van der Waals surface area contributed by atoms with E-state index in [-0.39, 0.29) is 18.6 Å². The molecule has 4 nitrogen and oxygen atoms in total. The van der Waals surface area contributed by atoms with E-state index in [1.54, 1.807) is 7.11 Å². The van der Waals surface area contributed by atoms with E-state index in [0.717, 1.165) is 6.42 Å². The van der Waals surface area contributed by atoms with Gasteiger partial charge in [-0.15, -0.1) is 23.5 Å². The van der Waals surface area contributed by atoms with E-state index >= 15 is 0 Å². The molecule has 2 atom stereocenters. The topological polar surface area (TPSA) is 47.6 Å². The summed E-state index contributed by atoms with van der Waals surface area (Å²) < 4.78 is 11.7. The number of methoxy groups -OCH3 is 1. The van der Waals surface area contributed by atoms with Gasteiger partial charge in [0.05, 0.1) is 11.7 Å². The number of nitrogens with one attached hydrogen (secondary N) is 1. The molecule has 1 aliphatic carbocycles. The minimum absolute atomic E-state index is 0.0336. The Morgan fingerprint density at radius 2 is 1.96 bits per heavy atom. The monoisotopic (exact) mass is 381 g/mol. The first kappa shape index (κ1) is 18.8. The fourth-order valence-corrected chi connectivity index (χ4v) is 6.26. The predicted molar refractivity (Wildman–Crippen MR) is 106 cm³/mol. The highest BCUT2D eigenvalue weighted by Crippen LogP contribution is 2.46. The van der Waals surface area contributed by atoms with Crippen LogP contribution in [-0.4, -0.2) is 37.2 Å². The fourth-order valence-electron chi connectivity index (χ4n) is 3.42. The van der Waals surface area contributed by atoms with E-state index in [4.69, 9.17) is 9.47 Å². The van der Waals surface area contributed by atoms with Crippen LogP contribution < -0.4 is 14.8 Å². The summed E-state index contributed by atoms with van der Waals surface area (Å²) in [6.07, 6.45) is 4.73. The smallest absolute Gasteiger partial charge is 0.258 e. The van der Waals surface area contributed by atoms with Crippen molar-refractivity contribution in [1.29, 1.82) is 0 Å². The molecule has 0 spiro atoms. The van der Waals surface area contributed by atoms with Gasteiger partial charge in [0.25, 0.3) is 5.91 Å². The van der Waals surface area contributed by atoms with Gasteiger partial charge >= 0.3 is 0 Å². The van der Waals surface area contributed by atoms with Gasteiger partial charge in [-0.3, -0.25) is 4.79 Å². The minimum atomic E-state index is -0.0493. The lowest BCUT2D eigenvalue weighted by atomic mass is 9.86. The molecule has 1 aliphatic heterocycles. The molecule has 1 aromatic rings. The largest absolute Gasteiger partial charge is 0.493 e. The third kappa shape index (κ3) is 5.00. The van der Waals surface area contributed by atoms with Crippen LogP contribution in [0.4, 0.5) is 0 Å². The summed E-state index contributed by atoms with van der Waals surface area (Å²) in [4.78, 5) is 12.2. The van der Waals surface area contributed by atoms with Crippen molar-refractivity contribution in [2.24, 2.45) is 5.92 Å². The zero-order valence-electron chi connectivity index (χ0n) is 15.0. The Labute approximate surface area is 158 Å². The summed E-state index contributed by atoms with van der Waals surface area (Å²) in [6.45, 7) is 2.25. The van der Waals surface area contributed by atoms with Crippen LogP contribution in [0.5, 0.6) is 11.5 Å². The van der Waals surface area contributed by atoms with Crippen molar-refractivity contribution in [3.63, 3.8) is 0 Å². The zero-order chi connectivity index (χ0) is 17.6. The Bertz CT molecular complexity index is 590. The van der Waals surface area contributed by atoms with E-state index in [2.05, 4.69) is 18.3 Å². The number of carbonyl (C=O) groups excluding carboxylic acids is 1. The molecule has 138 valence electrons. The summed E-state index contributed by atoms with van der Waals surface area (Å²) in [5.74, 6) is 4.21. The van der Waals surface area contributed by atoms with Gasteiger partial charge in [-0.05, 0) is 36.5 Å². The van der Waals surface area contributed by atoms with Gasteiger partial charge in [0, 0.05) is 17.5 Å². The third-order valence-electron chi connectivity index (χ3n) is 4.90. The van der Waals surface area contributed by atoms with Crippen molar-refractivity contribution in [2.75, 3.05) is 25.2 Å². The summed E-state index contributed by atoms with van der Waals surface area (Å²) in [5, 5.41) is 3.12. The SMILES string of the molecule is COc1cc(C2SCCS2)ccc1OCC(=O)NC1CCCCC1C. The highest BCUT2D eigenvalue weighted by atomic mass is 32.2. The quantitative estimate of drug-likeness (QED) is 0.798. The van der Waals surface area contributed by atoms with Gasteiger partial charge in [-0.25, -0.2) is 0 Å². The van der Waals surface area contributed by atoms with Crippen LogP contribution in [-0.2, 0) is 4.79 Å². The average Bonchev–Trinajstić information content (AvgIpc) is 3.16. The molecule has 1 amide bonds. The Morgan fingerprint density at radius 1 is 1.20 bits per heavy atom. The molecule has 3 rings (SSSR count). The van der Waals surface area contributed by atoms with E-state index in [9.17, 15) is 4.79 Å². The van der Waals surface area contributed by atoms with Gasteiger partial charge in [-0.2, -0.15) is 0 Å². The number of thioether (sulfide) groups is 2. The maximum Gasteiger partial charge on any atom is 0.258 e. The average molecular weight is 382 g/mol. The lowest BCUT2D eigenvalue weighted by Gasteiger charge is -2.29. The van der Waals surface area contributed by atoms with Crippen molar-refractivity contribution >= 4 is 29.4 Å². The molecule has 2 aliphatic rings. The van der Waals surface area contributed by atoms with Crippen molar-refractivity contribution in [2.45, 2.75) is 43.2 Å². The highest BCUT2D eigenvalue weighted by molar-refractivity contribution is 8.19. The number of carbonyl (C=O) groups is 1. The van der Waals surface area contributed by atoms with Crippen LogP contribution in [0.3, 0.4) is 0 Å². The number of hydrogen-bond acceptors (Lipinski definition) is 5. The second-order valence-electron chi connectivity index (χ2n) is 6.71. The summed E-state index contributed by atoms with van der Waals surface area (Å²) in [7, 11) is 1.64. The molecule has 1 saturated heterocycles. The van der Waals surface area contributed by atoms with Crippen LogP contribution in [0.25, 0.3) is 0 Å². The van der Waals surface area contributed by atoms with Crippen LogP contribution >= 0.6 is 23.5 Å². The highest BCUT2D eigenvalue weighted by Gasteiger charge is 2.23. The fraction of sp³-hybridized carbons (Fsp3) is 0.632. The van der Waals surface area contributed by atoms with E-state index in [1.165, 1.54) is 36.3 Å². The molecule has 2 unspecified atom stereocenters.